The van der Waals surface area contributed by atoms with Gasteiger partial charge >= 0.3 is 0 Å². The van der Waals surface area contributed by atoms with Gasteiger partial charge < -0.3 is 14.2 Å². The molecule has 0 unspecified atom stereocenters. The second-order valence-electron chi connectivity index (χ2n) is 5.92. The van der Waals surface area contributed by atoms with E-state index < -0.39 is 0 Å². The first-order valence-corrected chi connectivity index (χ1v) is 9.03. The summed E-state index contributed by atoms with van der Waals surface area (Å²) in [7, 11) is 5.13. The van der Waals surface area contributed by atoms with E-state index in [2.05, 4.69) is 10.3 Å². The fourth-order valence-corrected chi connectivity index (χ4v) is 3.85. The minimum Gasteiger partial charge on any atom is -0.497 e. The third-order valence-corrected chi connectivity index (χ3v) is 5.37. The summed E-state index contributed by atoms with van der Waals surface area (Å²) in [6, 6.07) is 5.84. The number of rotatable bonds is 6. The normalized spacial score (nSPS) is 16.3. The number of hydrogen-bond acceptors (Lipinski definition) is 6. The fourth-order valence-electron chi connectivity index (χ4n) is 3.01. The highest BCUT2D eigenvalue weighted by atomic mass is 32.1. The SMILES string of the molecule is COc1ccc(-c2nc(CN3CCC(OC)CC3)cs2)c(OC)c1. The second-order valence-corrected chi connectivity index (χ2v) is 6.78. The van der Waals surface area contributed by atoms with E-state index in [0.717, 1.165) is 60.2 Å². The first-order chi connectivity index (χ1) is 11.7. The molecule has 6 heteroatoms. The van der Waals surface area contributed by atoms with Crippen LogP contribution in [0, 0.1) is 0 Å². The van der Waals surface area contributed by atoms with Crippen molar-refractivity contribution in [2.75, 3.05) is 34.4 Å². The van der Waals surface area contributed by atoms with Gasteiger partial charge in [0.05, 0.1) is 31.6 Å². The molecule has 1 aliphatic rings. The van der Waals surface area contributed by atoms with E-state index in [1.54, 1.807) is 32.7 Å². The van der Waals surface area contributed by atoms with E-state index >= 15 is 0 Å². The topological polar surface area (TPSA) is 43.8 Å². The van der Waals surface area contributed by atoms with Crippen molar-refractivity contribution in [2.45, 2.75) is 25.5 Å². The Bertz CT molecular complexity index is 666. The van der Waals surface area contributed by atoms with Crippen LogP contribution in [0.1, 0.15) is 18.5 Å². The summed E-state index contributed by atoms with van der Waals surface area (Å²) in [5.74, 6) is 1.57. The zero-order valence-corrected chi connectivity index (χ0v) is 15.3. The molecule has 1 aliphatic heterocycles. The van der Waals surface area contributed by atoms with Gasteiger partial charge in [-0.1, -0.05) is 0 Å². The molecule has 0 bridgehead atoms. The Kier molecular flexibility index (Phi) is 5.71. The smallest absolute Gasteiger partial charge is 0.132 e. The molecular weight excluding hydrogens is 324 g/mol. The van der Waals surface area contributed by atoms with Crippen molar-refractivity contribution in [2.24, 2.45) is 0 Å². The lowest BCUT2D eigenvalue weighted by atomic mass is 10.1. The van der Waals surface area contributed by atoms with Crippen molar-refractivity contribution in [3.8, 4) is 22.1 Å². The van der Waals surface area contributed by atoms with E-state index in [4.69, 9.17) is 19.2 Å². The third kappa shape index (κ3) is 3.88. The number of likely N-dealkylation sites (tertiary alicyclic amines) is 1. The van der Waals surface area contributed by atoms with Crippen molar-refractivity contribution < 1.29 is 14.2 Å². The minimum absolute atomic E-state index is 0.413. The fraction of sp³-hybridized carbons (Fsp3) is 0.500. The van der Waals surface area contributed by atoms with E-state index in [9.17, 15) is 0 Å². The predicted molar refractivity (Wildman–Crippen MR) is 96.0 cm³/mol. The molecule has 3 rings (SSSR count). The van der Waals surface area contributed by atoms with Gasteiger partial charge in [0, 0.05) is 38.2 Å². The van der Waals surface area contributed by atoms with Crippen LogP contribution in [0.15, 0.2) is 23.6 Å². The highest BCUT2D eigenvalue weighted by Crippen LogP contribution is 2.35. The Morgan fingerprint density at radius 1 is 1.17 bits per heavy atom. The average molecular weight is 348 g/mol. The Morgan fingerprint density at radius 2 is 1.96 bits per heavy atom. The Labute approximate surface area is 147 Å². The van der Waals surface area contributed by atoms with Crippen molar-refractivity contribution in [1.29, 1.82) is 0 Å². The van der Waals surface area contributed by atoms with Crippen LogP contribution in [0.3, 0.4) is 0 Å². The summed E-state index contributed by atoms with van der Waals surface area (Å²) in [5.41, 5.74) is 2.12. The minimum atomic E-state index is 0.413. The Morgan fingerprint density at radius 3 is 2.62 bits per heavy atom. The zero-order chi connectivity index (χ0) is 16.9. The van der Waals surface area contributed by atoms with Crippen molar-refractivity contribution in [3.63, 3.8) is 0 Å². The number of piperidine rings is 1. The third-order valence-electron chi connectivity index (χ3n) is 4.44. The summed E-state index contributed by atoms with van der Waals surface area (Å²) >= 11 is 1.66. The van der Waals surface area contributed by atoms with E-state index in [1.165, 1.54) is 0 Å². The summed E-state index contributed by atoms with van der Waals surface area (Å²) in [5, 5.41) is 3.12. The van der Waals surface area contributed by atoms with Crippen LogP contribution in [-0.4, -0.2) is 50.4 Å². The van der Waals surface area contributed by atoms with Gasteiger partial charge in [0.2, 0.25) is 0 Å². The molecule has 1 aromatic heterocycles. The molecule has 2 heterocycles. The van der Waals surface area contributed by atoms with Gasteiger partial charge in [-0.05, 0) is 25.0 Å². The van der Waals surface area contributed by atoms with E-state index in [0.29, 0.717) is 6.10 Å². The lowest BCUT2D eigenvalue weighted by Gasteiger charge is -2.30. The van der Waals surface area contributed by atoms with Gasteiger partial charge in [0.15, 0.2) is 0 Å². The molecule has 0 atom stereocenters. The zero-order valence-electron chi connectivity index (χ0n) is 14.4. The molecule has 130 valence electrons. The molecule has 0 spiro atoms. The summed E-state index contributed by atoms with van der Waals surface area (Å²) in [6.07, 6.45) is 2.61. The number of thiazole rings is 1. The van der Waals surface area contributed by atoms with Crippen molar-refractivity contribution in [1.82, 2.24) is 9.88 Å². The molecule has 0 amide bonds. The Hall–Kier alpha value is -1.63. The highest BCUT2D eigenvalue weighted by molar-refractivity contribution is 7.13. The van der Waals surface area contributed by atoms with Gasteiger partial charge in [-0.3, -0.25) is 4.90 Å². The molecule has 0 saturated carbocycles. The van der Waals surface area contributed by atoms with Crippen LogP contribution < -0.4 is 9.47 Å². The number of methoxy groups -OCH3 is 3. The number of aromatic nitrogens is 1. The highest BCUT2D eigenvalue weighted by Gasteiger charge is 2.20. The Balaban J connectivity index is 1.70. The first-order valence-electron chi connectivity index (χ1n) is 8.15. The number of benzene rings is 1. The van der Waals surface area contributed by atoms with E-state index in [1.807, 2.05) is 18.2 Å². The van der Waals surface area contributed by atoms with Crippen LogP contribution in [0.2, 0.25) is 0 Å². The molecule has 1 saturated heterocycles. The van der Waals surface area contributed by atoms with Gasteiger partial charge in [-0.25, -0.2) is 4.98 Å². The average Bonchev–Trinajstić information content (AvgIpc) is 3.10. The quantitative estimate of drug-likeness (QED) is 0.800. The molecule has 0 aliphatic carbocycles. The maximum atomic E-state index is 5.49. The molecule has 1 aromatic carbocycles. The van der Waals surface area contributed by atoms with Crippen LogP contribution in [0.25, 0.3) is 10.6 Å². The molecule has 2 aromatic rings. The maximum Gasteiger partial charge on any atom is 0.132 e. The maximum absolute atomic E-state index is 5.49. The number of ether oxygens (including phenoxy) is 3. The first kappa shape index (κ1) is 17.2. The van der Waals surface area contributed by atoms with Crippen LogP contribution in [0.5, 0.6) is 11.5 Å². The van der Waals surface area contributed by atoms with Gasteiger partial charge in [0.1, 0.15) is 16.5 Å². The van der Waals surface area contributed by atoms with Gasteiger partial charge in [0.25, 0.3) is 0 Å². The largest absolute Gasteiger partial charge is 0.497 e. The summed E-state index contributed by atoms with van der Waals surface area (Å²) < 4.78 is 16.2. The molecular formula is C18H24N2O3S. The second kappa shape index (κ2) is 7.96. The molecule has 1 fully saturated rings. The number of nitrogens with zero attached hydrogens (tertiary/aromatic N) is 2. The lowest BCUT2D eigenvalue weighted by molar-refractivity contribution is 0.0386. The van der Waals surface area contributed by atoms with Crippen LogP contribution >= 0.6 is 11.3 Å². The van der Waals surface area contributed by atoms with Gasteiger partial charge in [-0.15, -0.1) is 11.3 Å². The van der Waals surface area contributed by atoms with Crippen LogP contribution in [0.4, 0.5) is 0 Å². The molecule has 0 radical (unpaired) electrons. The number of hydrogen-bond donors (Lipinski definition) is 0. The molecule has 24 heavy (non-hydrogen) atoms. The predicted octanol–water partition coefficient (Wildman–Crippen LogP) is 3.44. The van der Waals surface area contributed by atoms with Crippen molar-refractivity contribution >= 4 is 11.3 Å². The van der Waals surface area contributed by atoms with Gasteiger partial charge in [-0.2, -0.15) is 0 Å². The lowest BCUT2D eigenvalue weighted by Crippen LogP contribution is -2.36. The molecule has 5 nitrogen and oxygen atoms in total. The van der Waals surface area contributed by atoms with Crippen molar-refractivity contribution in [3.05, 3.63) is 29.3 Å². The molecule has 0 N–H and O–H groups in total. The summed E-state index contributed by atoms with van der Waals surface area (Å²) in [6.45, 7) is 3.03. The summed E-state index contributed by atoms with van der Waals surface area (Å²) in [4.78, 5) is 7.25. The standard InChI is InChI=1S/C18H24N2O3S/c1-21-14-6-8-20(9-7-14)11-13-12-24-18(19-13)16-5-4-15(22-2)10-17(16)23-3/h4-5,10,12,14H,6-9,11H2,1-3H3. The monoisotopic (exact) mass is 348 g/mol. The van der Waals surface area contributed by atoms with Crippen LogP contribution in [-0.2, 0) is 11.3 Å². The van der Waals surface area contributed by atoms with E-state index in [-0.39, 0.29) is 0 Å².